The van der Waals surface area contributed by atoms with Gasteiger partial charge in [0.1, 0.15) is 0 Å². The van der Waals surface area contributed by atoms with Crippen LogP contribution in [0.1, 0.15) is 27.9 Å². The van der Waals surface area contributed by atoms with Crippen molar-refractivity contribution in [3.8, 4) is 0 Å². The molecule has 108 valence electrons. The van der Waals surface area contributed by atoms with Gasteiger partial charge in [-0.1, -0.05) is 29.8 Å². The van der Waals surface area contributed by atoms with Gasteiger partial charge in [-0.25, -0.2) is 4.79 Å². The zero-order valence-electron chi connectivity index (χ0n) is 11.6. The molecule has 5 heteroatoms. The third-order valence-electron chi connectivity index (χ3n) is 3.12. The molecule has 1 N–H and O–H groups in total. The van der Waals surface area contributed by atoms with E-state index in [0.29, 0.717) is 12.1 Å². The fourth-order valence-corrected chi connectivity index (χ4v) is 1.93. The van der Waals surface area contributed by atoms with Crippen LogP contribution >= 0.6 is 0 Å². The number of Topliss-reactive ketones (excluding diaryl/α,β-unsaturated/α-hetero) is 2. The van der Waals surface area contributed by atoms with E-state index in [4.69, 9.17) is 5.11 Å². The monoisotopic (exact) mass is 285 g/mol. The van der Waals surface area contributed by atoms with E-state index >= 15 is 0 Å². The molecule has 0 radical (unpaired) electrons. The van der Waals surface area contributed by atoms with Crippen molar-refractivity contribution in [2.45, 2.75) is 19.9 Å². The fraction of sp³-hybridized carbons (Fsp3) is 0.188. The number of aliphatic carboxylic acids is 1. The molecule has 0 aliphatic carbocycles. The molecule has 0 fully saturated rings. The number of hydrogen-bond acceptors (Lipinski definition) is 3. The van der Waals surface area contributed by atoms with Gasteiger partial charge in [0.05, 0.1) is 6.42 Å². The Kier molecular flexibility index (Phi) is 4.33. The summed E-state index contributed by atoms with van der Waals surface area (Å²) < 4.78 is 1.82. The standard InChI is InChI=1S/C16H15NO4/c1-11-2-4-12(5-3-11)9-17-7-6-13(10-17)14(18)8-15(19)16(20)21/h2-7,10H,8-9H2,1H3,(H,20,21). The Morgan fingerprint density at radius 3 is 2.38 bits per heavy atom. The Morgan fingerprint density at radius 1 is 1.10 bits per heavy atom. The predicted molar refractivity (Wildman–Crippen MR) is 76.3 cm³/mol. The molecule has 1 heterocycles. The highest BCUT2D eigenvalue weighted by atomic mass is 16.4. The van der Waals surface area contributed by atoms with Crippen LogP contribution < -0.4 is 0 Å². The lowest BCUT2D eigenvalue weighted by Gasteiger charge is -2.03. The lowest BCUT2D eigenvalue weighted by atomic mass is 10.1. The molecule has 21 heavy (non-hydrogen) atoms. The predicted octanol–water partition coefficient (Wildman–Crippen LogP) is 2.07. The molecule has 0 atom stereocenters. The van der Waals surface area contributed by atoms with Crippen LogP contribution in [-0.2, 0) is 16.1 Å². The number of carbonyl (C=O) groups is 3. The van der Waals surface area contributed by atoms with Crippen molar-refractivity contribution in [1.82, 2.24) is 4.57 Å². The molecule has 0 amide bonds. The average molecular weight is 285 g/mol. The van der Waals surface area contributed by atoms with Gasteiger partial charge in [-0.15, -0.1) is 0 Å². The molecular formula is C16H15NO4. The van der Waals surface area contributed by atoms with Gasteiger partial charge in [-0.2, -0.15) is 0 Å². The van der Waals surface area contributed by atoms with Gasteiger partial charge in [0.25, 0.3) is 0 Å². The van der Waals surface area contributed by atoms with E-state index in [0.717, 1.165) is 5.56 Å². The number of ketones is 2. The number of hydrogen-bond donors (Lipinski definition) is 1. The van der Waals surface area contributed by atoms with Gasteiger partial charge in [0.2, 0.25) is 5.78 Å². The molecule has 2 aromatic rings. The van der Waals surface area contributed by atoms with Crippen molar-refractivity contribution in [1.29, 1.82) is 0 Å². The van der Waals surface area contributed by atoms with E-state index in [1.54, 1.807) is 18.5 Å². The zero-order valence-corrected chi connectivity index (χ0v) is 11.6. The first-order valence-electron chi connectivity index (χ1n) is 6.46. The summed E-state index contributed by atoms with van der Waals surface area (Å²) in [5.74, 6) is -3.15. The number of rotatable bonds is 6. The molecule has 0 spiro atoms. The minimum Gasteiger partial charge on any atom is -0.475 e. The number of aryl methyl sites for hydroxylation is 1. The van der Waals surface area contributed by atoms with Gasteiger partial charge in [0.15, 0.2) is 5.78 Å². The summed E-state index contributed by atoms with van der Waals surface area (Å²) in [5.41, 5.74) is 2.61. The second kappa shape index (κ2) is 6.17. The van der Waals surface area contributed by atoms with E-state index in [-0.39, 0.29) is 0 Å². The van der Waals surface area contributed by atoms with Gasteiger partial charge >= 0.3 is 5.97 Å². The first-order chi connectivity index (χ1) is 9.95. The van der Waals surface area contributed by atoms with Crippen molar-refractivity contribution in [3.63, 3.8) is 0 Å². The highest BCUT2D eigenvalue weighted by molar-refractivity contribution is 6.37. The summed E-state index contributed by atoms with van der Waals surface area (Å²) in [6.07, 6.45) is 2.75. The summed E-state index contributed by atoms with van der Waals surface area (Å²) in [6, 6.07) is 9.62. The van der Waals surface area contributed by atoms with Crippen LogP contribution in [0, 0.1) is 6.92 Å². The normalized spacial score (nSPS) is 10.3. The molecule has 0 unspecified atom stereocenters. The molecule has 0 bridgehead atoms. The number of carboxylic acid groups (broad SMARTS) is 1. The summed E-state index contributed by atoms with van der Waals surface area (Å²) >= 11 is 0. The third kappa shape index (κ3) is 3.89. The lowest BCUT2D eigenvalue weighted by molar-refractivity contribution is -0.148. The topological polar surface area (TPSA) is 76.4 Å². The second-order valence-corrected chi connectivity index (χ2v) is 4.89. The maximum atomic E-state index is 11.8. The van der Waals surface area contributed by atoms with Crippen molar-refractivity contribution in [2.75, 3.05) is 0 Å². The summed E-state index contributed by atoms with van der Waals surface area (Å²) in [7, 11) is 0. The van der Waals surface area contributed by atoms with Gasteiger partial charge < -0.3 is 9.67 Å². The highest BCUT2D eigenvalue weighted by Crippen LogP contribution is 2.10. The van der Waals surface area contributed by atoms with Crippen LogP contribution in [0.15, 0.2) is 42.7 Å². The Morgan fingerprint density at radius 2 is 1.76 bits per heavy atom. The number of carboxylic acids is 1. The third-order valence-corrected chi connectivity index (χ3v) is 3.12. The van der Waals surface area contributed by atoms with Crippen molar-refractivity contribution < 1.29 is 19.5 Å². The molecule has 1 aromatic carbocycles. The highest BCUT2D eigenvalue weighted by Gasteiger charge is 2.18. The summed E-state index contributed by atoms with van der Waals surface area (Å²) in [4.78, 5) is 33.2. The Labute approximate surface area is 121 Å². The molecule has 2 rings (SSSR count). The van der Waals surface area contributed by atoms with Gasteiger partial charge in [-0.3, -0.25) is 9.59 Å². The average Bonchev–Trinajstić information content (AvgIpc) is 2.90. The van der Waals surface area contributed by atoms with Crippen LogP contribution in [0.5, 0.6) is 0 Å². The van der Waals surface area contributed by atoms with Crippen LogP contribution in [-0.4, -0.2) is 27.2 Å². The quantitative estimate of drug-likeness (QED) is 0.501. The van der Waals surface area contributed by atoms with E-state index in [2.05, 4.69) is 0 Å². The van der Waals surface area contributed by atoms with Gasteiger partial charge in [-0.05, 0) is 18.6 Å². The summed E-state index contributed by atoms with van der Waals surface area (Å²) in [6.45, 7) is 2.62. The van der Waals surface area contributed by atoms with Crippen molar-refractivity contribution in [2.24, 2.45) is 0 Å². The summed E-state index contributed by atoms with van der Waals surface area (Å²) in [5, 5.41) is 8.49. The van der Waals surface area contributed by atoms with E-state index in [1.165, 1.54) is 5.56 Å². The van der Waals surface area contributed by atoms with E-state index < -0.39 is 24.0 Å². The molecule has 0 aliphatic rings. The number of nitrogens with zero attached hydrogens (tertiary/aromatic N) is 1. The molecular weight excluding hydrogens is 270 g/mol. The SMILES string of the molecule is Cc1ccc(Cn2ccc(C(=O)CC(=O)C(=O)O)c2)cc1. The smallest absolute Gasteiger partial charge is 0.372 e. The Hall–Kier alpha value is -2.69. The molecule has 0 saturated heterocycles. The molecule has 1 aromatic heterocycles. The largest absolute Gasteiger partial charge is 0.475 e. The number of benzene rings is 1. The van der Waals surface area contributed by atoms with E-state index in [1.807, 2.05) is 35.8 Å². The maximum Gasteiger partial charge on any atom is 0.372 e. The Balaban J connectivity index is 2.04. The first kappa shape index (κ1) is 14.7. The minimum atomic E-state index is -1.58. The van der Waals surface area contributed by atoms with Crippen LogP contribution in [0.2, 0.25) is 0 Å². The maximum absolute atomic E-state index is 11.8. The molecule has 0 aliphatic heterocycles. The van der Waals surface area contributed by atoms with Crippen LogP contribution in [0.25, 0.3) is 0 Å². The minimum absolute atomic E-state index is 0.344. The van der Waals surface area contributed by atoms with Crippen LogP contribution in [0.4, 0.5) is 0 Å². The van der Waals surface area contributed by atoms with E-state index in [9.17, 15) is 14.4 Å². The first-order valence-corrected chi connectivity index (χ1v) is 6.46. The van der Waals surface area contributed by atoms with Crippen LogP contribution in [0.3, 0.4) is 0 Å². The lowest BCUT2D eigenvalue weighted by Crippen LogP contribution is -2.16. The zero-order chi connectivity index (χ0) is 15.4. The molecule has 5 nitrogen and oxygen atoms in total. The number of aromatic nitrogens is 1. The van der Waals surface area contributed by atoms with Gasteiger partial charge in [0, 0.05) is 24.5 Å². The Bertz CT molecular complexity index is 683. The second-order valence-electron chi connectivity index (χ2n) is 4.89. The van der Waals surface area contributed by atoms with Crippen molar-refractivity contribution >= 4 is 17.5 Å². The van der Waals surface area contributed by atoms with Crippen molar-refractivity contribution in [3.05, 3.63) is 59.4 Å². The molecule has 0 saturated carbocycles. The fourth-order valence-electron chi connectivity index (χ4n) is 1.93. The number of carbonyl (C=O) groups excluding carboxylic acids is 2.